The Balaban J connectivity index is 2.58. The molecule has 7 heteroatoms. The molecule has 0 aliphatic carbocycles. The maximum atomic E-state index is 11.1. The summed E-state index contributed by atoms with van der Waals surface area (Å²) in [4.78, 5) is 23.4. The van der Waals surface area contributed by atoms with E-state index in [0.717, 1.165) is 0 Å². The van der Waals surface area contributed by atoms with Gasteiger partial charge in [-0.1, -0.05) is 0 Å². The first kappa shape index (κ1) is 12.2. The van der Waals surface area contributed by atoms with Gasteiger partial charge in [0.15, 0.2) is 0 Å². The summed E-state index contributed by atoms with van der Waals surface area (Å²) in [5, 5.41) is 0. The molecule has 0 spiro atoms. The smallest absolute Gasteiger partial charge is 0.268 e. The van der Waals surface area contributed by atoms with Gasteiger partial charge in [-0.15, -0.1) is 0 Å². The number of amides is 2. The number of nitrogens with one attached hydrogen (secondary N) is 1. The van der Waals surface area contributed by atoms with Gasteiger partial charge in [-0.25, -0.2) is 5.84 Å². The Hall–Kier alpha value is -1.86. The van der Waals surface area contributed by atoms with Gasteiger partial charge in [-0.2, -0.15) is 0 Å². The third-order valence-electron chi connectivity index (χ3n) is 1.90. The molecule has 0 saturated carbocycles. The predicted molar refractivity (Wildman–Crippen MR) is 55.9 cm³/mol. The molecule has 1 rings (SSSR count). The number of hydrazine groups is 1. The van der Waals surface area contributed by atoms with E-state index in [-0.39, 0.29) is 6.54 Å². The van der Waals surface area contributed by atoms with Crippen LogP contribution in [0.1, 0.15) is 16.1 Å². The molecule has 0 atom stereocenters. The minimum Gasteiger partial charge on any atom is -0.467 e. The lowest BCUT2D eigenvalue weighted by molar-refractivity contribution is -0.119. The third-order valence-corrected chi connectivity index (χ3v) is 1.90. The number of hydrogen-bond donors (Lipinski definition) is 3. The Morgan fingerprint density at radius 3 is 2.81 bits per heavy atom. The lowest BCUT2D eigenvalue weighted by Gasteiger charge is -2.11. The second-order valence-corrected chi connectivity index (χ2v) is 3.41. The van der Waals surface area contributed by atoms with E-state index < -0.39 is 11.8 Å². The van der Waals surface area contributed by atoms with Crippen molar-refractivity contribution in [2.45, 2.75) is 6.54 Å². The fraction of sp³-hybridized carbons (Fsp3) is 0.333. The summed E-state index contributed by atoms with van der Waals surface area (Å²) < 4.78 is 5.13. The lowest BCUT2D eigenvalue weighted by atomic mass is 10.3. The van der Waals surface area contributed by atoms with E-state index in [1.807, 2.05) is 5.43 Å². The molecule has 1 heterocycles. The number of rotatable bonds is 5. The van der Waals surface area contributed by atoms with Crippen LogP contribution in [-0.4, -0.2) is 30.3 Å². The van der Waals surface area contributed by atoms with E-state index in [4.69, 9.17) is 16.0 Å². The Labute approximate surface area is 92.3 Å². The molecule has 2 amide bonds. The second kappa shape index (κ2) is 5.29. The molecule has 0 saturated heterocycles. The maximum Gasteiger partial charge on any atom is 0.268 e. The highest BCUT2D eigenvalue weighted by molar-refractivity contribution is 5.93. The largest absolute Gasteiger partial charge is 0.467 e. The Morgan fingerprint density at radius 2 is 2.25 bits per heavy atom. The molecule has 1 aromatic rings. The summed E-state index contributed by atoms with van der Waals surface area (Å²) in [6.07, 6.45) is 1.30. The van der Waals surface area contributed by atoms with Crippen molar-refractivity contribution < 1.29 is 14.0 Å². The monoisotopic (exact) mass is 226 g/mol. The van der Waals surface area contributed by atoms with Crippen molar-refractivity contribution in [1.82, 2.24) is 10.3 Å². The fourth-order valence-electron chi connectivity index (χ4n) is 1.25. The third kappa shape index (κ3) is 3.37. The van der Waals surface area contributed by atoms with Crippen LogP contribution >= 0.6 is 0 Å². The predicted octanol–water partition coefficient (Wildman–Crippen LogP) is -1.20. The van der Waals surface area contributed by atoms with Crippen LogP contribution in [0.3, 0.4) is 0 Å². The molecule has 0 aromatic carbocycles. The van der Waals surface area contributed by atoms with Gasteiger partial charge in [-0.3, -0.25) is 19.9 Å². The zero-order valence-electron chi connectivity index (χ0n) is 8.90. The van der Waals surface area contributed by atoms with Crippen LogP contribution < -0.4 is 17.0 Å². The van der Waals surface area contributed by atoms with Gasteiger partial charge in [0.05, 0.1) is 18.7 Å². The van der Waals surface area contributed by atoms with E-state index >= 15 is 0 Å². The van der Waals surface area contributed by atoms with Crippen molar-refractivity contribution in [2.75, 3.05) is 13.6 Å². The highest BCUT2D eigenvalue weighted by atomic mass is 16.3. The highest BCUT2D eigenvalue weighted by Crippen LogP contribution is 2.09. The first-order valence-corrected chi connectivity index (χ1v) is 4.58. The Bertz CT molecular complexity index is 388. The van der Waals surface area contributed by atoms with Crippen LogP contribution in [0.4, 0.5) is 0 Å². The molecule has 7 nitrogen and oxygen atoms in total. The van der Waals surface area contributed by atoms with Crippen molar-refractivity contribution in [3.63, 3.8) is 0 Å². The SMILES string of the molecule is CN(CC(N)=O)Cc1cc(C(=O)NN)co1. The van der Waals surface area contributed by atoms with Gasteiger partial charge in [0.2, 0.25) is 5.91 Å². The van der Waals surface area contributed by atoms with Crippen LogP contribution in [0.15, 0.2) is 16.7 Å². The molecule has 0 radical (unpaired) electrons. The van der Waals surface area contributed by atoms with Gasteiger partial charge in [0, 0.05) is 0 Å². The minimum absolute atomic E-state index is 0.124. The van der Waals surface area contributed by atoms with Crippen LogP contribution in [0.5, 0.6) is 0 Å². The number of hydrogen-bond acceptors (Lipinski definition) is 5. The molecule has 0 bridgehead atoms. The van der Waals surface area contributed by atoms with Crippen LogP contribution in [0.2, 0.25) is 0 Å². The van der Waals surface area contributed by atoms with E-state index in [9.17, 15) is 9.59 Å². The standard InChI is InChI=1S/C9H14N4O3/c1-13(4-8(10)14)3-7-2-6(5-16-7)9(15)12-11/h2,5H,3-4,11H2,1H3,(H2,10,14)(H,12,15). The number of carbonyl (C=O) groups is 2. The normalized spacial score (nSPS) is 10.4. The molecule has 0 fully saturated rings. The van der Waals surface area contributed by atoms with Crippen molar-refractivity contribution in [3.05, 3.63) is 23.7 Å². The lowest BCUT2D eigenvalue weighted by Crippen LogP contribution is -2.30. The zero-order chi connectivity index (χ0) is 12.1. The topological polar surface area (TPSA) is 115 Å². The van der Waals surface area contributed by atoms with Crippen LogP contribution in [-0.2, 0) is 11.3 Å². The highest BCUT2D eigenvalue weighted by Gasteiger charge is 2.11. The molecular formula is C9H14N4O3. The van der Waals surface area contributed by atoms with Crippen molar-refractivity contribution >= 4 is 11.8 Å². The summed E-state index contributed by atoms with van der Waals surface area (Å²) in [5.41, 5.74) is 7.36. The summed E-state index contributed by atoms with van der Waals surface area (Å²) >= 11 is 0. The van der Waals surface area contributed by atoms with E-state index in [1.165, 1.54) is 6.26 Å². The van der Waals surface area contributed by atoms with Gasteiger partial charge < -0.3 is 10.2 Å². The van der Waals surface area contributed by atoms with Crippen molar-refractivity contribution in [2.24, 2.45) is 11.6 Å². The summed E-state index contributed by atoms with van der Waals surface area (Å²) in [6.45, 7) is 0.514. The van der Waals surface area contributed by atoms with E-state index in [1.54, 1.807) is 18.0 Å². The van der Waals surface area contributed by atoms with Crippen LogP contribution in [0.25, 0.3) is 0 Å². The molecular weight excluding hydrogens is 212 g/mol. The number of primary amides is 1. The molecule has 0 unspecified atom stereocenters. The average Bonchev–Trinajstić information content (AvgIpc) is 2.63. The fourth-order valence-corrected chi connectivity index (χ4v) is 1.25. The summed E-state index contributed by atoms with van der Waals surface area (Å²) in [7, 11) is 1.72. The number of carbonyl (C=O) groups excluding carboxylic acids is 2. The summed E-state index contributed by atoms with van der Waals surface area (Å²) in [5.74, 6) is 4.68. The van der Waals surface area contributed by atoms with Gasteiger partial charge >= 0.3 is 0 Å². The Kier molecular flexibility index (Phi) is 4.03. The van der Waals surface area contributed by atoms with Gasteiger partial charge in [0.25, 0.3) is 5.91 Å². The van der Waals surface area contributed by atoms with Gasteiger partial charge in [0.1, 0.15) is 12.0 Å². The molecule has 0 aliphatic heterocycles. The Morgan fingerprint density at radius 1 is 1.56 bits per heavy atom. The molecule has 16 heavy (non-hydrogen) atoms. The molecule has 1 aromatic heterocycles. The van der Waals surface area contributed by atoms with Crippen molar-refractivity contribution in [3.8, 4) is 0 Å². The van der Waals surface area contributed by atoms with Crippen molar-refractivity contribution in [1.29, 1.82) is 0 Å². The zero-order valence-corrected chi connectivity index (χ0v) is 8.90. The maximum absolute atomic E-state index is 11.1. The summed E-state index contributed by atoms with van der Waals surface area (Å²) in [6, 6.07) is 1.56. The first-order chi connectivity index (χ1) is 7.52. The van der Waals surface area contributed by atoms with Gasteiger partial charge in [-0.05, 0) is 13.1 Å². The number of nitrogens with two attached hydrogens (primary N) is 2. The molecule has 88 valence electrons. The second-order valence-electron chi connectivity index (χ2n) is 3.41. The quantitative estimate of drug-likeness (QED) is 0.331. The number of nitrogen functional groups attached to an aromatic ring is 1. The van der Waals surface area contributed by atoms with Crippen LogP contribution in [0, 0.1) is 0 Å². The van der Waals surface area contributed by atoms with E-state index in [0.29, 0.717) is 17.9 Å². The average molecular weight is 226 g/mol. The molecule has 5 N–H and O–H groups in total. The first-order valence-electron chi connectivity index (χ1n) is 4.58. The number of nitrogens with zero attached hydrogens (tertiary/aromatic N) is 1. The number of likely N-dealkylation sites (N-methyl/N-ethyl adjacent to an activating group) is 1. The molecule has 0 aliphatic rings. The van der Waals surface area contributed by atoms with E-state index in [2.05, 4.69) is 0 Å². The minimum atomic E-state index is -0.424. The number of furan rings is 1.